The fraction of sp³-hybridized carbons (Fsp3) is 0.318. The number of likely N-dealkylation sites (tertiary alicyclic amines) is 1. The molecule has 0 radical (unpaired) electrons. The van der Waals surface area contributed by atoms with E-state index in [4.69, 9.17) is 9.97 Å². The third-order valence-electron chi connectivity index (χ3n) is 5.71. The number of hydrogen-bond acceptors (Lipinski definition) is 5. The zero-order chi connectivity index (χ0) is 18.2. The van der Waals surface area contributed by atoms with E-state index in [0.717, 1.165) is 47.7 Å². The van der Waals surface area contributed by atoms with Gasteiger partial charge in [0.2, 0.25) is 0 Å². The predicted octanol–water partition coefficient (Wildman–Crippen LogP) is 3.62. The summed E-state index contributed by atoms with van der Waals surface area (Å²) in [5.74, 6) is 2.38. The summed E-state index contributed by atoms with van der Waals surface area (Å²) in [5, 5.41) is 4.03. The van der Waals surface area contributed by atoms with Crippen LogP contribution in [0.3, 0.4) is 0 Å². The predicted molar refractivity (Wildman–Crippen MR) is 106 cm³/mol. The lowest BCUT2D eigenvalue weighted by atomic mass is 9.89. The number of anilines is 1. The lowest BCUT2D eigenvalue weighted by Gasteiger charge is -2.31. The second-order valence-corrected chi connectivity index (χ2v) is 7.43. The van der Waals surface area contributed by atoms with Gasteiger partial charge < -0.3 is 5.32 Å². The van der Waals surface area contributed by atoms with Crippen molar-refractivity contribution in [1.29, 1.82) is 0 Å². The van der Waals surface area contributed by atoms with Gasteiger partial charge in [-0.1, -0.05) is 42.5 Å². The molecule has 1 saturated heterocycles. The fourth-order valence-electron chi connectivity index (χ4n) is 4.27. The number of nitrogens with zero attached hydrogens (tertiary/aromatic N) is 3. The minimum Gasteiger partial charge on any atom is -0.362 e. The van der Waals surface area contributed by atoms with Gasteiger partial charge in [-0.2, -0.15) is 0 Å². The van der Waals surface area contributed by atoms with E-state index in [1.165, 1.54) is 18.4 Å². The highest BCUT2D eigenvalue weighted by molar-refractivity contribution is 6.15. The minimum atomic E-state index is 0.104. The maximum atomic E-state index is 12.1. The maximum Gasteiger partial charge on any atom is 0.182 e. The Morgan fingerprint density at radius 2 is 1.81 bits per heavy atom. The van der Waals surface area contributed by atoms with E-state index in [0.29, 0.717) is 12.5 Å². The second-order valence-electron chi connectivity index (χ2n) is 7.43. The average Bonchev–Trinajstić information content (AvgIpc) is 2.72. The summed E-state index contributed by atoms with van der Waals surface area (Å²) in [4.78, 5) is 24.0. The van der Waals surface area contributed by atoms with Crippen molar-refractivity contribution < 1.29 is 4.79 Å². The van der Waals surface area contributed by atoms with E-state index >= 15 is 0 Å². The van der Waals surface area contributed by atoms with Crippen molar-refractivity contribution in [3.63, 3.8) is 0 Å². The first kappa shape index (κ1) is 16.4. The largest absolute Gasteiger partial charge is 0.362 e. The Balaban J connectivity index is 1.34. The number of hydrogen-bond donors (Lipinski definition) is 1. The summed E-state index contributed by atoms with van der Waals surface area (Å²) < 4.78 is 0. The van der Waals surface area contributed by atoms with E-state index < -0.39 is 0 Å². The molecular weight excluding hydrogens is 336 g/mol. The van der Waals surface area contributed by atoms with Crippen LogP contribution in [0.15, 0.2) is 48.5 Å². The van der Waals surface area contributed by atoms with Crippen LogP contribution in [0.2, 0.25) is 0 Å². The van der Waals surface area contributed by atoms with Crippen molar-refractivity contribution in [3.05, 3.63) is 65.5 Å². The van der Waals surface area contributed by atoms with Crippen LogP contribution < -0.4 is 5.32 Å². The van der Waals surface area contributed by atoms with Crippen LogP contribution in [-0.2, 0) is 6.54 Å². The maximum absolute atomic E-state index is 12.1. The Bertz CT molecular complexity index is 994. The zero-order valence-corrected chi connectivity index (χ0v) is 15.2. The van der Waals surface area contributed by atoms with Crippen LogP contribution >= 0.6 is 0 Å². The molecule has 1 fully saturated rings. The molecule has 2 aromatic carbocycles. The van der Waals surface area contributed by atoms with Gasteiger partial charge in [-0.25, -0.2) is 9.97 Å². The van der Waals surface area contributed by atoms with Gasteiger partial charge in [0.05, 0.1) is 24.0 Å². The standard InChI is InChI=1S/C22H22N4O/c27-19-13-23-22-21-17(19)7-4-8-18(21)24-20(25-22)14-26-11-9-16(10-12-26)15-5-2-1-3-6-15/h1-8,16H,9-14H2,(H,23,24,25). The van der Waals surface area contributed by atoms with Gasteiger partial charge in [0, 0.05) is 5.56 Å². The SMILES string of the molecule is O=C1CNc2nc(CN3CCC(c4ccccc4)CC3)nc3cccc1c23. The summed E-state index contributed by atoms with van der Waals surface area (Å²) >= 11 is 0. The number of Topliss-reactive ketones (excluding diaryl/α,β-unsaturated/α-hetero) is 1. The van der Waals surface area contributed by atoms with Crippen LogP contribution in [0.25, 0.3) is 10.9 Å². The first-order chi connectivity index (χ1) is 13.3. The highest BCUT2D eigenvalue weighted by Crippen LogP contribution is 2.30. The first-order valence-electron chi connectivity index (χ1n) is 9.62. The number of benzene rings is 2. The van der Waals surface area contributed by atoms with Crippen molar-refractivity contribution in [3.8, 4) is 0 Å². The average molecular weight is 358 g/mol. The van der Waals surface area contributed by atoms with Crippen molar-refractivity contribution in [2.45, 2.75) is 25.3 Å². The third kappa shape index (κ3) is 3.08. The molecule has 27 heavy (non-hydrogen) atoms. The molecule has 3 heterocycles. The molecule has 1 aromatic heterocycles. The first-order valence-corrected chi connectivity index (χ1v) is 9.62. The molecule has 136 valence electrons. The number of ketones is 1. The van der Waals surface area contributed by atoms with E-state index in [-0.39, 0.29) is 5.78 Å². The van der Waals surface area contributed by atoms with Crippen LogP contribution in [0, 0.1) is 0 Å². The molecule has 0 aliphatic carbocycles. The Hall–Kier alpha value is -2.79. The molecule has 0 amide bonds. The number of piperidine rings is 1. The number of rotatable bonds is 3. The molecule has 0 unspecified atom stereocenters. The van der Waals surface area contributed by atoms with Gasteiger partial charge in [-0.05, 0) is 43.5 Å². The minimum absolute atomic E-state index is 0.104. The molecule has 2 aliphatic rings. The summed E-state index contributed by atoms with van der Waals surface area (Å²) in [6, 6.07) is 16.6. The van der Waals surface area contributed by atoms with Gasteiger partial charge in [0.1, 0.15) is 11.6 Å². The Morgan fingerprint density at radius 1 is 1.00 bits per heavy atom. The molecule has 0 spiro atoms. The molecule has 1 N–H and O–H groups in total. The Morgan fingerprint density at radius 3 is 2.63 bits per heavy atom. The van der Waals surface area contributed by atoms with Crippen LogP contribution in [0.4, 0.5) is 5.82 Å². The molecule has 0 bridgehead atoms. The van der Waals surface area contributed by atoms with Gasteiger partial charge in [0.15, 0.2) is 5.78 Å². The monoisotopic (exact) mass is 358 g/mol. The van der Waals surface area contributed by atoms with Gasteiger partial charge in [-0.3, -0.25) is 9.69 Å². The number of aromatic nitrogens is 2. The summed E-state index contributed by atoms with van der Waals surface area (Å²) in [5.41, 5.74) is 3.04. The van der Waals surface area contributed by atoms with Crippen LogP contribution in [0.5, 0.6) is 0 Å². The van der Waals surface area contributed by atoms with Crippen molar-refractivity contribution >= 4 is 22.5 Å². The van der Waals surface area contributed by atoms with Crippen LogP contribution in [-0.4, -0.2) is 40.3 Å². The second kappa shape index (κ2) is 6.74. The van der Waals surface area contributed by atoms with Crippen molar-refractivity contribution in [2.24, 2.45) is 0 Å². The molecule has 2 aliphatic heterocycles. The molecule has 5 rings (SSSR count). The lowest BCUT2D eigenvalue weighted by Crippen LogP contribution is -2.33. The highest BCUT2D eigenvalue weighted by atomic mass is 16.1. The fourth-order valence-corrected chi connectivity index (χ4v) is 4.27. The number of carbonyl (C=O) groups is 1. The summed E-state index contributed by atoms with van der Waals surface area (Å²) in [6.45, 7) is 3.18. The third-order valence-corrected chi connectivity index (χ3v) is 5.71. The zero-order valence-electron chi connectivity index (χ0n) is 15.2. The van der Waals surface area contributed by atoms with Gasteiger partial charge in [0.25, 0.3) is 0 Å². The smallest absolute Gasteiger partial charge is 0.182 e. The van der Waals surface area contributed by atoms with E-state index in [1.807, 2.05) is 18.2 Å². The molecular formula is C22H22N4O. The van der Waals surface area contributed by atoms with E-state index in [1.54, 1.807) is 0 Å². The molecule has 0 atom stereocenters. The van der Waals surface area contributed by atoms with E-state index in [9.17, 15) is 4.79 Å². The van der Waals surface area contributed by atoms with Crippen molar-refractivity contribution in [1.82, 2.24) is 14.9 Å². The summed E-state index contributed by atoms with van der Waals surface area (Å²) in [7, 11) is 0. The molecule has 0 saturated carbocycles. The quantitative estimate of drug-likeness (QED) is 0.775. The van der Waals surface area contributed by atoms with Crippen LogP contribution in [0.1, 0.15) is 40.5 Å². The summed E-state index contributed by atoms with van der Waals surface area (Å²) in [6.07, 6.45) is 2.34. The number of nitrogens with one attached hydrogen (secondary N) is 1. The van der Waals surface area contributed by atoms with E-state index in [2.05, 4.69) is 40.5 Å². The molecule has 5 heteroatoms. The molecule has 3 aromatic rings. The van der Waals surface area contributed by atoms with Gasteiger partial charge >= 0.3 is 0 Å². The van der Waals surface area contributed by atoms with Crippen molar-refractivity contribution in [2.75, 3.05) is 25.0 Å². The topological polar surface area (TPSA) is 58.1 Å². The highest BCUT2D eigenvalue weighted by Gasteiger charge is 2.24. The lowest BCUT2D eigenvalue weighted by molar-refractivity contribution is 0.101. The Kier molecular flexibility index (Phi) is 4.09. The Labute approximate surface area is 158 Å². The van der Waals surface area contributed by atoms with Gasteiger partial charge in [-0.15, -0.1) is 0 Å². The molecule has 5 nitrogen and oxygen atoms in total. The number of carbonyl (C=O) groups excluding carboxylic acids is 1. The normalized spacial score (nSPS) is 17.9.